The Balaban J connectivity index is 1.30. The SMILES string of the molecule is Cc1cc(S(=O)(=O)N2CCN(C(c3ccccc3)c3ccccc3)CC2)ccc1NC(=O)c1ccccc1. The molecule has 1 heterocycles. The minimum absolute atomic E-state index is 0.0667. The molecule has 1 amide bonds. The normalized spacial score (nSPS) is 14.9. The number of carbonyl (C=O) groups is 1. The van der Waals surface area contributed by atoms with Crippen LogP contribution >= 0.6 is 0 Å². The minimum Gasteiger partial charge on any atom is -0.322 e. The molecule has 5 rings (SSSR count). The lowest BCUT2D eigenvalue weighted by Crippen LogP contribution is -2.49. The van der Waals surface area contributed by atoms with E-state index < -0.39 is 10.0 Å². The lowest BCUT2D eigenvalue weighted by molar-refractivity contribution is 0.102. The van der Waals surface area contributed by atoms with E-state index in [0.717, 1.165) is 0 Å². The van der Waals surface area contributed by atoms with E-state index in [0.29, 0.717) is 43.0 Å². The summed E-state index contributed by atoms with van der Waals surface area (Å²) in [6.45, 7) is 3.87. The van der Waals surface area contributed by atoms with E-state index in [-0.39, 0.29) is 16.8 Å². The Bertz CT molecular complexity index is 1450. The molecule has 1 saturated heterocycles. The number of aryl methyl sites for hydroxylation is 1. The van der Waals surface area contributed by atoms with Crippen LogP contribution in [0.5, 0.6) is 0 Å². The summed E-state index contributed by atoms with van der Waals surface area (Å²) in [6, 6.07) is 34.6. The number of piperazine rings is 1. The van der Waals surface area contributed by atoms with E-state index in [1.54, 1.807) is 46.8 Å². The number of hydrogen-bond donors (Lipinski definition) is 1. The van der Waals surface area contributed by atoms with E-state index >= 15 is 0 Å². The van der Waals surface area contributed by atoms with Gasteiger partial charge in [-0.3, -0.25) is 9.69 Å². The monoisotopic (exact) mass is 525 g/mol. The maximum Gasteiger partial charge on any atom is 0.255 e. The van der Waals surface area contributed by atoms with E-state index in [1.807, 2.05) is 49.4 Å². The van der Waals surface area contributed by atoms with Gasteiger partial charge in [-0.25, -0.2) is 8.42 Å². The van der Waals surface area contributed by atoms with E-state index in [4.69, 9.17) is 0 Å². The molecular formula is C31H31N3O3S. The molecule has 1 aliphatic rings. The summed E-state index contributed by atoms with van der Waals surface area (Å²) < 4.78 is 28.6. The van der Waals surface area contributed by atoms with Crippen LogP contribution < -0.4 is 5.32 Å². The first-order chi connectivity index (χ1) is 18.4. The van der Waals surface area contributed by atoms with Crippen LogP contribution in [0.1, 0.15) is 33.1 Å². The molecule has 7 heteroatoms. The van der Waals surface area contributed by atoms with Crippen molar-refractivity contribution in [3.8, 4) is 0 Å². The highest BCUT2D eigenvalue weighted by molar-refractivity contribution is 7.89. The highest BCUT2D eigenvalue weighted by Crippen LogP contribution is 2.31. The van der Waals surface area contributed by atoms with Crippen LogP contribution in [0, 0.1) is 6.92 Å². The molecule has 38 heavy (non-hydrogen) atoms. The van der Waals surface area contributed by atoms with Gasteiger partial charge in [0.25, 0.3) is 5.91 Å². The van der Waals surface area contributed by atoms with Crippen molar-refractivity contribution in [3.63, 3.8) is 0 Å². The largest absolute Gasteiger partial charge is 0.322 e. The van der Waals surface area contributed by atoms with Gasteiger partial charge in [-0.05, 0) is 53.9 Å². The Hall–Kier alpha value is -3.78. The fourth-order valence-corrected chi connectivity index (χ4v) is 6.46. The zero-order valence-electron chi connectivity index (χ0n) is 21.3. The lowest BCUT2D eigenvalue weighted by atomic mass is 9.96. The van der Waals surface area contributed by atoms with Gasteiger partial charge in [0, 0.05) is 37.4 Å². The average molecular weight is 526 g/mol. The fraction of sp³-hybridized carbons (Fsp3) is 0.194. The molecule has 0 atom stereocenters. The summed E-state index contributed by atoms with van der Waals surface area (Å²) in [5.74, 6) is -0.230. The van der Waals surface area contributed by atoms with Gasteiger partial charge in [0.2, 0.25) is 10.0 Å². The maximum atomic E-state index is 13.5. The average Bonchev–Trinajstić information content (AvgIpc) is 2.96. The van der Waals surface area contributed by atoms with Gasteiger partial charge in [0.15, 0.2) is 0 Å². The van der Waals surface area contributed by atoms with Gasteiger partial charge in [0.05, 0.1) is 10.9 Å². The van der Waals surface area contributed by atoms with Crippen molar-refractivity contribution in [2.24, 2.45) is 0 Å². The highest BCUT2D eigenvalue weighted by Gasteiger charge is 2.32. The highest BCUT2D eigenvalue weighted by atomic mass is 32.2. The second kappa shape index (κ2) is 11.3. The number of sulfonamides is 1. The molecule has 1 N–H and O–H groups in total. The van der Waals surface area contributed by atoms with Crippen LogP contribution in [0.2, 0.25) is 0 Å². The lowest BCUT2D eigenvalue weighted by Gasteiger charge is -2.39. The molecule has 1 fully saturated rings. The molecule has 4 aromatic carbocycles. The number of anilines is 1. The molecule has 0 bridgehead atoms. The summed E-state index contributed by atoms with van der Waals surface area (Å²) in [4.78, 5) is 15.1. The quantitative estimate of drug-likeness (QED) is 0.354. The van der Waals surface area contributed by atoms with Crippen molar-refractivity contribution in [1.82, 2.24) is 9.21 Å². The fourth-order valence-electron chi connectivity index (χ4n) is 4.96. The molecule has 0 aliphatic carbocycles. The van der Waals surface area contributed by atoms with Crippen LogP contribution in [0.4, 0.5) is 5.69 Å². The Labute approximate surface area is 224 Å². The predicted molar refractivity (Wildman–Crippen MR) is 151 cm³/mol. The van der Waals surface area contributed by atoms with Crippen molar-refractivity contribution >= 4 is 21.6 Å². The smallest absolute Gasteiger partial charge is 0.255 e. The zero-order valence-corrected chi connectivity index (χ0v) is 22.1. The Kier molecular flexibility index (Phi) is 7.69. The molecule has 0 aromatic heterocycles. The first-order valence-electron chi connectivity index (χ1n) is 12.7. The molecule has 0 spiro atoms. The first-order valence-corrected chi connectivity index (χ1v) is 14.2. The van der Waals surface area contributed by atoms with Crippen molar-refractivity contribution in [2.45, 2.75) is 17.9 Å². The van der Waals surface area contributed by atoms with Gasteiger partial charge in [-0.2, -0.15) is 4.31 Å². The third-order valence-corrected chi connectivity index (χ3v) is 8.88. The number of nitrogens with zero attached hydrogens (tertiary/aromatic N) is 2. The standard InChI is InChI=1S/C31H31N3O3S/c1-24-23-28(17-18-29(24)32-31(35)27-15-9-4-10-16-27)38(36,37)34-21-19-33(20-22-34)30(25-11-5-2-6-12-25)26-13-7-3-8-14-26/h2-18,23,30H,19-22H2,1H3,(H,32,35). The minimum atomic E-state index is -3.67. The summed E-state index contributed by atoms with van der Waals surface area (Å²) in [7, 11) is -3.67. The molecule has 1 aliphatic heterocycles. The van der Waals surface area contributed by atoms with E-state index in [9.17, 15) is 13.2 Å². The van der Waals surface area contributed by atoms with Gasteiger partial charge < -0.3 is 5.32 Å². The van der Waals surface area contributed by atoms with Crippen molar-refractivity contribution in [2.75, 3.05) is 31.5 Å². The van der Waals surface area contributed by atoms with Gasteiger partial charge in [0.1, 0.15) is 0 Å². The number of benzene rings is 4. The van der Waals surface area contributed by atoms with Crippen molar-refractivity contribution in [3.05, 3.63) is 131 Å². The number of rotatable bonds is 7. The van der Waals surface area contributed by atoms with Crippen LogP contribution in [-0.2, 0) is 10.0 Å². The Morgan fingerprint density at radius 3 is 1.79 bits per heavy atom. The molecule has 0 unspecified atom stereocenters. The summed E-state index contributed by atoms with van der Waals surface area (Å²) in [6.07, 6.45) is 0. The predicted octanol–water partition coefficient (Wildman–Crippen LogP) is 5.34. The molecule has 0 saturated carbocycles. The van der Waals surface area contributed by atoms with Crippen molar-refractivity contribution < 1.29 is 13.2 Å². The number of carbonyl (C=O) groups excluding carboxylic acids is 1. The summed E-state index contributed by atoms with van der Waals surface area (Å²) >= 11 is 0. The molecular weight excluding hydrogens is 494 g/mol. The number of hydrogen-bond acceptors (Lipinski definition) is 4. The van der Waals surface area contributed by atoms with Gasteiger partial charge in [-0.15, -0.1) is 0 Å². The topological polar surface area (TPSA) is 69.7 Å². The van der Waals surface area contributed by atoms with Gasteiger partial charge >= 0.3 is 0 Å². The molecule has 0 radical (unpaired) electrons. The second-order valence-electron chi connectivity index (χ2n) is 9.46. The maximum absolute atomic E-state index is 13.5. The number of nitrogens with one attached hydrogen (secondary N) is 1. The Morgan fingerprint density at radius 2 is 1.26 bits per heavy atom. The van der Waals surface area contributed by atoms with Crippen LogP contribution in [0.15, 0.2) is 114 Å². The Morgan fingerprint density at radius 1 is 0.737 bits per heavy atom. The van der Waals surface area contributed by atoms with Crippen LogP contribution in [0.25, 0.3) is 0 Å². The molecule has 194 valence electrons. The molecule has 6 nitrogen and oxygen atoms in total. The van der Waals surface area contributed by atoms with E-state index in [2.05, 4.69) is 34.5 Å². The number of amides is 1. The van der Waals surface area contributed by atoms with Gasteiger partial charge in [-0.1, -0.05) is 78.9 Å². The first kappa shape index (κ1) is 25.9. The van der Waals surface area contributed by atoms with Crippen LogP contribution in [-0.4, -0.2) is 49.7 Å². The third kappa shape index (κ3) is 5.55. The third-order valence-electron chi connectivity index (χ3n) is 6.99. The van der Waals surface area contributed by atoms with Crippen LogP contribution in [0.3, 0.4) is 0 Å². The van der Waals surface area contributed by atoms with Crippen molar-refractivity contribution in [1.29, 1.82) is 0 Å². The second-order valence-corrected chi connectivity index (χ2v) is 11.4. The van der Waals surface area contributed by atoms with E-state index in [1.165, 1.54) is 11.1 Å². The summed E-state index contributed by atoms with van der Waals surface area (Å²) in [5, 5.41) is 2.88. The zero-order chi connectivity index (χ0) is 26.5. The molecule has 4 aromatic rings. The summed E-state index contributed by atoms with van der Waals surface area (Å²) in [5.41, 5.74) is 4.22.